The second kappa shape index (κ2) is 7.21. The van der Waals surface area contributed by atoms with Gasteiger partial charge in [0.15, 0.2) is 0 Å². The zero-order valence-corrected chi connectivity index (χ0v) is 14.7. The van der Waals surface area contributed by atoms with Crippen molar-refractivity contribution in [3.63, 3.8) is 0 Å². The van der Waals surface area contributed by atoms with Gasteiger partial charge in [0.05, 0.1) is 18.7 Å². The molecule has 0 aliphatic carbocycles. The van der Waals surface area contributed by atoms with Crippen LogP contribution < -0.4 is 0 Å². The molecule has 0 spiro atoms. The average Bonchev–Trinajstić information content (AvgIpc) is 2.50. The van der Waals surface area contributed by atoms with Crippen LogP contribution in [0.25, 0.3) is 0 Å². The molecule has 1 aromatic carbocycles. The topological polar surface area (TPSA) is 66.9 Å². The number of hydrogen-bond donors (Lipinski definition) is 0. The van der Waals surface area contributed by atoms with Crippen LogP contribution in [0.15, 0.2) is 30.3 Å². The highest BCUT2D eigenvalue weighted by Crippen LogP contribution is 2.26. The van der Waals surface area contributed by atoms with E-state index in [9.17, 15) is 13.2 Å². The second-order valence-electron chi connectivity index (χ2n) is 6.55. The highest BCUT2D eigenvalue weighted by molar-refractivity contribution is 7.88. The molecule has 0 N–H and O–H groups in total. The third kappa shape index (κ3) is 3.96. The van der Waals surface area contributed by atoms with Gasteiger partial charge in [-0.2, -0.15) is 4.31 Å². The van der Waals surface area contributed by atoms with Crippen LogP contribution >= 0.6 is 0 Å². The molecule has 2 aliphatic heterocycles. The lowest BCUT2D eigenvalue weighted by Gasteiger charge is -2.47. The molecule has 0 atom stereocenters. The summed E-state index contributed by atoms with van der Waals surface area (Å²) in [6, 6.07) is 9.50. The smallest absolute Gasteiger partial charge is 0.227 e. The molecule has 1 amide bonds. The van der Waals surface area contributed by atoms with Crippen LogP contribution in [0.5, 0.6) is 0 Å². The Kier molecular flexibility index (Phi) is 5.22. The summed E-state index contributed by atoms with van der Waals surface area (Å²) in [6.07, 6.45) is 3.07. The Bertz CT molecular complexity index is 665. The van der Waals surface area contributed by atoms with Gasteiger partial charge in [0.1, 0.15) is 0 Å². The van der Waals surface area contributed by atoms with E-state index in [4.69, 9.17) is 4.74 Å². The van der Waals surface area contributed by atoms with E-state index in [2.05, 4.69) is 0 Å². The third-order valence-electron chi connectivity index (χ3n) is 4.71. The van der Waals surface area contributed by atoms with E-state index in [1.165, 1.54) is 6.26 Å². The quantitative estimate of drug-likeness (QED) is 0.789. The predicted octanol–water partition coefficient (Wildman–Crippen LogP) is 0.881. The fourth-order valence-electron chi connectivity index (χ4n) is 3.48. The van der Waals surface area contributed by atoms with Crippen LogP contribution in [0.2, 0.25) is 0 Å². The minimum atomic E-state index is -3.29. The summed E-state index contributed by atoms with van der Waals surface area (Å²) in [7, 11) is -3.29. The Morgan fingerprint density at radius 3 is 2.38 bits per heavy atom. The predicted molar refractivity (Wildman–Crippen MR) is 91.0 cm³/mol. The third-order valence-corrected chi connectivity index (χ3v) is 6.07. The zero-order chi connectivity index (χ0) is 17.2. The number of benzene rings is 1. The van der Waals surface area contributed by atoms with E-state index in [1.807, 2.05) is 30.3 Å². The normalized spacial score (nSPS) is 20.2. The number of nitrogens with zero attached hydrogens (tertiary/aromatic N) is 2. The highest BCUT2D eigenvalue weighted by atomic mass is 32.2. The fraction of sp³-hybridized carbons (Fsp3) is 0.588. The van der Waals surface area contributed by atoms with Crippen molar-refractivity contribution in [1.29, 1.82) is 0 Å². The van der Waals surface area contributed by atoms with Gasteiger partial charge in [-0.05, 0) is 18.4 Å². The number of sulfonamides is 1. The average molecular weight is 352 g/mol. The first kappa shape index (κ1) is 17.4. The van der Waals surface area contributed by atoms with E-state index in [0.29, 0.717) is 32.7 Å². The number of amides is 1. The van der Waals surface area contributed by atoms with Gasteiger partial charge < -0.3 is 9.64 Å². The highest BCUT2D eigenvalue weighted by Gasteiger charge is 2.42. The molecule has 132 valence electrons. The van der Waals surface area contributed by atoms with Crippen molar-refractivity contribution in [2.75, 3.05) is 32.6 Å². The van der Waals surface area contributed by atoms with Crippen LogP contribution in [-0.2, 0) is 26.0 Å². The van der Waals surface area contributed by atoms with Crippen molar-refractivity contribution in [1.82, 2.24) is 9.21 Å². The monoisotopic (exact) mass is 352 g/mol. The Morgan fingerprint density at radius 2 is 1.79 bits per heavy atom. The number of rotatable bonds is 5. The number of carbonyl (C=O) groups excluding carboxylic acids is 1. The van der Waals surface area contributed by atoms with E-state index < -0.39 is 10.0 Å². The Labute approximate surface area is 143 Å². The van der Waals surface area contributed by atoms with Crippen LogP contribution in [0.1, 0.15) is 18.4 Å². The van der Waals surface area contributed by atoms with Crippen molar-refractivity contribution in [2.24, 2.45) is 0 Å². The molecule has 0 aromatic heterocycles. The number of likely N-dealkylation sites (tertiary alicyclic amines) is 1. The van der Waals surface area contributed by atoms with Crippen LogP contribution in [0.3, 0.4) is 0 Å². The van der Waals surface area contributed by atoms with Crippen LogP contribution in [0.4, 0.5) is 0 Å². The lowest BCUT2D eigenvalue weighted by molar-refractivity contribution is -0.137. The summed E-state index contributed by atoms with van der Waals surface area (Å²) in [5.41, 5.74) is 0.982. The lowest BCUT2D eigenvalue weighted by atomic mass is 10.0. The molecule has 2 aliphatic rings. The van der Waals surface area contributed by atoms with Gasteiger partial charge in [-0.3, -0.25) is 4.79 Å². The summed E-state index contributed by atoms with van der Waals surface area (Å²) in [6.45, 7) is 2.16. The van der Waals surface area contributed by atoms with Crippen molar-refractivity contribution in [3.05, 3.63) is 35.9 Å². The fourth-order valence-corrected chi connectivity index (χ4v) is 4.91. The van der Waals surface area contributed by atoms with E-state index in [-0.39, 0.29) is 18.0 Å². The first-order chi connectivity index (χ1) is 11.4. The molecule has 0 saturated carbocycles. The summed E-state index contributed by atoms with van der Waals surface area (Å²) >= 11 is 0. The van der Waals surface area contributed by atoms with Gasteiger partial charge in [-0.25, -0.2) is 8.42 Å². The van der Waals surface area contributed by atoms with E-state index >= 15 is 0 Å². The Morgan fingerprint density at radius 1 is 1.17 bits per heavy atom. The maximum absolute atomic E-state index is 12.3. The van der Waals surface area contributed by atoms with Gasteiger partial charge in [-0.15, -0.1) is 0 Å². The van der Waals surface area contributed by atoms with Gasteiger partial charge in [-0.1, -0.05) is 30.3 Å². The summed E-state index contributed by atoms with van der Waals surface area (Å²) < 4.78 is 31.4. The largest absolute Gasteiger partial charge is 0.381 e. The number of hydrogen-bond acceptors (Lipinski definition) is 4. The SMILES string of the molecule is CS(=O)(=O)N(C1CCOCC1)C1CN(C(=O)Cc2ccccc2)C1. The molecule has 0 radical (unpaired) electrons. The molecule has 6 nitrogen and oxygen atoms in total. The summed E-state index contributed by atoms with van der Waals surface area (Å²) in [5, 5.41) is 0. The maximum atomic E-state index is 12.3. The maximum Gasteiger partial charge on any atom is 0.227 e. The first-order valence-electron chi connectivity index (χ1n) is 8.33. The standard InChI is InChI=1S/C17H24N2O4S/c1-24(21,22)19(15-7-9-23-10-8-15)16-12-18(13-16)17(20)11-14-5-3-2-4-6-14/h2-6,15-16H,7-13H2,1H3. The molecule has 2 saturated heterocycles. The van der Waals surface area contributed by atoms with Crippen LogP contribution in [-0.4, -0.2) is 68.2 Å². The molecule has 7 heteroatoms. The van der Waals surface area contributed by atoms with Crippen molar-refractivity contribution in [3.8, 4) is 0 Å². The molecular weight excluding hydrogens is 328 g/mol. The lowest BCUT2D eigenvalue weighted by Crippen LogP contribution is -2.64. The molecule has 0 bridgehead atoms. The van der Waals surface area contributed by atoms with Gasteiger partial charge >= 0.3 is 0 Å². The van der Waals surface area contributed by atoms with E-state index in [1.54, 1.807) is 9.21 Å². The first-order valence-corrected chi connectivity index (χ1v) is 10.2. The molecule has 0 unspecified atom stereocenters. The molecule has 2 heterocycles. The van der Waals surface area contributed by atoms with E-state index in [0.717, 1.165) is 18.4 Å². The molecule has 1 aromatic rings. The minimum Gasteiger partial charge on any atom is -0.381 e. The Balaban J connectivity index is 1.59. The molecule has 3 rings (SSSR count). The van der Waals surface area contributed by atoms with Crippen molar-refractivity contribution < 1.29 is 17.9 Å². The minimum absolute atomic E-state index is 0.00914. The Hall–Kier alpha value is -1.44. The van der Waals surface area contributed by atoms with Gasteiger partial charge in [0.2, 0.25) is 15.9 Å². The zero-order valence-electron chi connectivity index (χ0n) is 13.9. The van der Waals surface area contributed by atoms with Gasteiger partial charge in [0.25, 0.3) is 0 Å². The summed E-state index contributed by atoms with van der Waals surface area (Å²) in [4.78, 5) is 14.1. The molecule has 2 fully saturated rings. The molecular formula is C17H24N2O4S. The van der Waals surface area contributed by atoms with Crippen molar-refractivity contribution >= 4 is 15.9 Å². The number of carbonyl (C=O) groups is 1. The van der Waals surface area contributed by atoms with Gasteiger partial charge in [0, 0.05) is 32.3 Å². The summed E-state index contributed by atoms with van der Waals surface area (Å²) in [5.74, 6) is 0.0536. The van der Waals surface area contributed by atoms with Crippen LogP contribution in [0, 0.1) is 0 Å². The molecule has 24 heavy (non-hydrogen) atoms. The number of ether oxygens (including phenoxy) is 1. The van der Waals surface area contributed by atoms with Crippen molar-refractivity contribution in [2.45, 2.75) is 31.3 Å². The second-order valence-corrected chi connectivity index (χ2v) is 8.44.